The van der Waals surface area contributed by atoms with Crippen molar-refractivity contribution in [2.75, 3.05) is 13.2 Å². The van der Waals surface area contributed by atoms with Crippen molar-refractivity contribution >= 4 is 17.9 Å². The van der Waals surface area contributed by atoms with Gasteiger partial charge in [0.25, 0.3) is 0 Å². The first-order valence-corrected chi connectivity index (χ1v) is 22.7. The second-order valence-corrected chi connectivity index (χ2v) is 15.3. The number of hydrogen-bond donors (Lipinski definition) is 0. The van der Waals surface area contributed by atoms with E-state index in [1.165, 1.54) is 141 Å². The van der Waals surface area contributed by atoms with E-state index < -0.39 is 6.10 Å². The van der Waals surface area contributed by atoms with E-state index >= 15 is 0 Å². The van der Waals surface area contributed by atoms with Crippen molar-refractivity contribution in [2.24, 2.45) is 0 Å². The van der Waals surface area contributed by atoms with Gasteiger partial charge in [0.2, 0.25) is 0 Å². The first-order valence-electron chi connectivity index (χ1n) is 22.7. The van der Waals surface area contributed by atoms with Gasteiger partial charge < -0.3 is 14.2 Å². The van der Waals surface area contributed by atoms with Crippen LogP contribution in [0.15, 0.2) is 12.2 Å². The Morgan fingerprint density at radius 2 is 0.635 bits per heavy atom. The number of carbonyl (C=O) groups excluding carboxylic acids is 3. The summed E-state index contributed by atoms with van der Waals surface area (Å²) in [6.07, 6.45) is 43.3. The van der Waals surface area contributed by atoms with Gasteiger partial charge in [0.05, 0.1) is 0 Å². The molecule has 0 saturated carbocycles. The molecule has 0 heterocycles. The Kier molecular flexibility index (Phi) is 40.4. The smallest absolute Gasteiger partial charge is 0.306 e. The average Bonchev–Trinajstić information content (AvgIpc) is 3.14. The normalized spacial score (nSPS) is 12.0. The van der Waals surface area contributed by atoms with Crippen molar-refractivity contribution in [1.82, 2.24) is 0 Å². The lowest BCUT2D eigenvalue weighted by molar-refractivity contribution is -0.167. The van der Waals surface area contributed by atoms with Gasteiger partial charge in [-0.15, -0.1) is 0 Å². The van der Waals surface area contributed by atoms with E-state index in [-0.39, 0.29) is 31.1 Å². The van der Waals surface area contributed by atoms with Crippen LogP contribution in [0.1, 0.15) is 245 Å². The zero-order valence-corrected chi connectivity index (χ0v) is 34.8. The molecule has 306 valence electrons. The quantitative estimate of drug-likeness (QED) is 0.0269. The monoisotopic (exact) mass is 735 g/mol. The fourth-order valence-corrected chi connectivity index (χ4v) is 6.55. The van der Waals surface area contributed by atoms with Crippen LogP contribution in [-0.4, -0.2) is 37.2 Å². The Bertz CT molecular complexity index is 809. The molecule has 0 aromatic heterocycles. The molecule has 0 bridgehead atoms. The zero-order valence-electron chi connectivity index (χ0n) is 34.8. The van der Waals surface area contributed by atoms with Gasteiger partial charge >= 0.3 is 17.9 Å². The molecule has 0 aliphatic heterocycles. The SMILES string of the molecule is CCCCCC/C=C\CCCCCCCC(=O)OC[C@@H](COC(=O)CCCCCCCCCCCC)OC(=O)CCCCCCCCCCCCC. The van der Waals surface area contributed by atoms with Gasteiger partial charge in [0, 0.05) is 19.3 Å². The van der Waals surface area contributed by atoms with Crippen LogP contribution in [0, 0.1) is 0 Å². The Balaban J connectivity index is 4.34. The summed E-state index contributed by atoms with van der Waals surface area (Å²) in [5, 5.41) is 0. The largest absolute Gasteiger partial charge is 0.462 e. The van der Waals surface area contributed by atoms with E-state index in [1.54, 1.807) is 0 Å². The Morgan fingerprint density at radius 3 is 0.981 bits per heavy atom. The standard InChI is InChI=1S/C46H86O6/c1-4-7-10-13-16-19-22-23-25-27-30-33-36-39-45(48)51-42-43(41-50-44(47)38-35-32-29-26-21-18-15-12-9-6-3)52-46(49)40-37-34-31-28-24-20-17-14-11-8-5-2/h19,22,43H,4-18,20-21,23-42H2,1-3H3/b22-19-/t43-/m1/s1. The van der Waals surface area contributed by atoms with Crippen LogP contribution in [0.5, 0.6) is 0 Å². The van der Waals surface area contributed by atoms with Crippen LogP contribution in [0.2, 0.25) is 0 Å². The summed E-state index contributed by atoms with van der Waals surface area (Å²) < 4.78 is 16.7. The number of ether oxygens (including phenoxy) is 3. The molecule has 0 aromatic carbocycles. The molecular weight excluding hydrogens is 648 g/mol. The third-order valence-corrected chi connectivity index (χ3v) is 10.0. The molecule has 0 rings (SSSR count). The van der Waals surface area contributed by atoms with Crippen molar-refractivity contribution in [2.45, 2.75) is 252 Å². The van der Waals surface area contributed by atoms with Crippen molar-refractivity contribution in [1.29, 1.82) is 0 Å². The molecule has 0 saturated heterocycles. The highest BCUT2D eigenvalue weighted by atomic mass is 16.6. The van der Waals surface area contributed by atoms with E-state index in [4.69, 9.17) is 14.2 Å². The molecule has 0 N–H and O–H groups in total. The number of esters is 3. The summed E-state index contributed by atoms with van der Waals surface area (Å²) in [4.78, 5) is 37.6. The van der Waals surface area contributed by atoms with Crippen LogP contribution in [-0.2, 0) is 28.6 Å². The number of rotatable bonds is 41. The van der Waals surface area contributed by atoms with Crippen LogP contribution in [0.25, 0.3) is 0 Å². The molecular formula is C46H86O6. The Hall–Kier alpha value is -1.85. The molecule has 0 radical (unpaired) electrons. The van der Waals surface area contributed by atoms with Crippen LogP contribution in [0.3, 0.4) is 0 Å². The number of hydrogen-bond acceptors (Lipinski definition) is 6. The third kappa shape index (κ3) is 39.4. The highest BCUT2D eigenvalue weighted by molar-refractivity contribution is 5.71. The number of allylic oxidation sites excluding steroid dienone is 2. The van der Waals surface area contributed by atoms with E-state index in [0.717, 1.165) is 64.2 Å². The lowest BCUT2D eigenvalue weighted by atomic mass is 10.1. The number of unbranched alkanes of at least 4 members (excludes halogenated alkanes) is 28. The number of carbonyl (C=O) groups is 3. The molecule has 0 spiro atoms. The van der Waals surface area contributed by atoms with Crippen molar-refractivity contribution < 1.29 is 28.6 Å². The predicted molar refractivity (Wildman–Crippen MR) is 220 cm³/mol. The maximum Gasteiger partial charge on any atom is 0.306 e. The molecule has 0 aliphatic rings. The molecule has 1 atom stereocenters. The predicted octanol–water partition coefficient (Wildman–Crippen LogP) is 14.3. The minimum Gasteiger partial charge on any atom is -0.462 e. The maximum atomic E-state index is 12.7. The molecule has 6 nitrogen and oxygen atoms in total. The Morgan fingerprint density at radius 1 is 0.365 bits per heavy atom. The minimum atomic E-state index is -0.763. The lowest BCUT2D eigenvalue weighted by Gasteiger charge is -2.18. The highest BCUT2D eigenvalue weighted by Gasteiger charge is 2.19. The first-order chi connectivity index (χ1) is 25.5. The van der Waals surface area contributed by atoms with Gasteiger partial charge in [0.1, 0.15) is 13.2 Å². The molecule has 0 aliphatic carbocycles. The van der Waals surface area contributed by atoms with Crippen molar-refractivity contribution in [3.8, 4) is 0 Å². The summed E-state index contributed by atoms with van der Waals surface area (Å²) in [5.41, 5.74) is 0. The van der Waals surface area contributed by atoms with Gasteiger partial charge in [-0.3, -0.25) is 14.4 Å². The summed E-state index contributed by atoms with van der Waals surface area (Å²) in [6.45, 7) is 6.60. The second-order valence-electron chi connectivity index (χ2n) is 15.3. The van der Waals surface area contributed by atoms with E-state index in [0.29, 0.717) is 19.3 Å². The topological polar surface area (TPSA) is 78.9 Å². The third-order valence-electron chi connectivity index (χ3n) is 10.0. The molecule has 52 heavy (non-hydrogen) atoms. The van der Waals surface area contributed by atoms with Crippen molar-refractivity contribution in [3.05, 3.63) is 12.2 Å². The summed E-state index contributed by atoms with van der Waals surface area (Å²) in [5.74, 6) is -0.872. The molecule has 0 aromatic rings. The first kappa shape index (κ1) is 50.1. The molecule has 6 heteroatoms. The van der Waals surface area contributed by atoms with Crippen molar-refractivity contribution in [3.63, 3.8) is 0 Å². The van der Waals surface area contributed by atoms with Gasteiger partial charge in [-0.05, 0) is 44.9 Å². The van der Waals surface area contributed by atoms with E-state index in [2.05, 4.69) is 32.9 Å². The van der Waals surface area contributed by atoms with Crippen LogP contribution in [0.4, 0.5) is 0 Å². The molecule has 0 fully saturated rings. The fraction of sp³-hybridized carbons (Fsp3) is 0.891. The average molecular weight is 735 g/mol. The zero-order chi connectivity index (χ0) is 38.0. The minimum absolute atomic E-state index is 0.0684. The van der Waals surface area contributed by atoms with Gasteiger partial charge in [-0.1, -0.05) is 193 Å². The van der Waals surface area contributed by atoms with E-state index in [1.807, 2.05) is 0 Å². The van der Waals surface area contributed by atoms with Crippen LogP contribution < -0.4 is 0 Å². The summed E-state index contributed by atoms with van der Waals surface area (Å²) in [6, 6.07) is 0. The summed E-state index contributed by atoms with van der Waals surface area (Å²) >= 11 is 0. The molecule has 0 amide bonds. The second kappa shape index (κ2) is 41.9. The summed E-state index contributed by atoms with van der Waals surface area (Å²) in [7, 11) is 0. The maximum absolute atomic E-state index is 12.7. The van der Waals surface area contributed by atoms with Gasteiger partial charge in [-0.2, -0.15) is 0 Å². The fourth-order valence-electron chi connectivity index (χ4n) is 6.55. The van der Waals surface area contributed by atoms with E-state index in [9.17, 15) is 14.4 Å². The Labute approximate surface area is 322 Å². The molecule has 0 unspecified atom stereocenters. The van der Waals surface area contributed by atoms with Crippen LogP contribution >= 0.6 is 0 Å². The lowest BCUT2D eigenvalue weighted by Crippen LogP contribution is -2.30. The van der Waals surface area contributed by atoms with Gasteiger partial charge in [0.15, 0.2) is 6.10 Å². The van der Waals surface area contributed by atoms with Gasteiger partial charge in [-0.25, -0.2) is 0 Å². The highest BCUT2D eigenvalue weighted by Crippen LogP contribution is 2.15.